The van der Waals surface area contributed by atoms with Crippen LogP contribution in [0, 0.1) is 17.1 Å². The number of halogens is 3. The maximum absolute atomic E-state index is 15.9. The lowest BCUT2D eigenvalue weighted by Crippen LogP contribution is -2.41. The number of carbonyl (C=O) groups is 3. The topological polar surface area (TPSA) is 124 Å². The van der Waals surface area contributed by atoms with Gasteiger partial charge in [0.05, 0.1) is 29.5 Å². The van der Waals surface area contributed by atoms with Gasteiger partial charge < -0.3 is 18.8 Å². The third-order valence-corrected chi connectivity index (χ3v) is 8.23. The molecule has 0 saturated heterocycles. The van der Waals surface area contributed by atoms with E-state index >= 15 is 4.39 Å². The van der Waals surface area contributed by atoms with Crippen molar-refractivity contribution < 1.29 is 33.0 Å². The fraction of sp³-hybridized carbons (Fsp3) is 0.367. The molecule has 3 rings (SSSR count). The lowest BCUT2D eigenvalue weighted by Gasteiger charge is -2.27. The highest BCUT2D eigenvalue weighted by molar-refractivity contribution is 6.76. The number of nitrogens with zero attached hydrogens (tertiary/aromatic N) is 4. The van der Waals surface area contributed by atoms with E-state index in [2.05, 4.69) is 24.6 Å². The molecule has 0 aliphatic carbocycles. The van der Waals surface area contributed by atoms with Crippen LogP contribution in [0.4, 0.5) is 9.18 Å². The predicted octanol–water partition coefficient (Wildman–Crippen LogP) is 7.70. The summed E-state index contributed by atoms with van der Waals surface area (Å²) in [4.78, 5) is 43.2. The van der Waals surface area contributed by atoms with Crippen molar-refractivity contribution in [2.75, 3.05) is 6.61 Å². The van der Waals surface area contributed by atoms with Gasteiger partial charge >= 0.3 is 6.09 Å². The minimum Gasteiger partial charge on any atom is -0.453 e. The molecular formula is C30H33Cl2FN4O6Si. The van der Waals surface area contributed by atoms with E-state index in [0.29, 0.717) is 17.8 Å². The van der Waals surface area contributed by atoms with E-state index in [4.69, 9.17) is 37.4 Å². The number of aromatic nitrogens is 2. The molecule has 1 heterocycles. The van der Waals surface area contributed by atoms with Crippen molar-refractivity contribution >= 4 is 49.6 Å². The summed E-state index contributed by atoms with van der Waals surface area (Å²) in [7, 11) is -1.37. The van der Waals surface area contributed by atoms with E-state index < -0.39 is 43.8 Å². The minimum absolute atomic E-state index is 0.0195. The van der Waals surface area contributed by atoms with Gasteiger partial charge in [-0.05, 0) is 51.1 Å². The molecule has 0 atom stereocenters. The molecule has 234 valence electrons. The lowest BCUT2D eigenvalue weighted by molar-refractivity contribution is 0.0215. The van der Waals surface area contributed by atoms with Crippen LogP contribution in [0.2, 0.25) is 35.9 Å². The van der Waals surface area contributed by atoms with E-state index in [0.717, 1.165) is 6.04 Å². The van der Waals surface area contributed by atoms with E-state index in [1.54, 1.807) is 20.8 Å². The maximum Gasteiger partial charge on any atom is 0.417 e. The fourth-order valence-corrected chi connectivity index (χ4v) is 4.94. The van der Waals surface area contributed by atoms with E-state index in [1.807, 2.05) is 6.07 Å². The van der Waals surface area contributed by atoms with Gasteiger partial charge in [-0.25, -0.2) is 19.1 Å². The zero-order valence-electron chi connectivity index (χ0n) is 25.2. The number of hydrogen-bond acceptors (Lipinski definition) is 8. The van der Waals surface area contributed by atoms with Gasteiger partial charge in [-0.15, -0.1) is 0 Å². The summed E-state index contributed by atoms with van der Waals surface area (Å²) in [5, 5.41) is 8.96. The molecule has 10 nitrogen and oxygen atoms in total. The highest BCUT2D eigenvalue weighted by Crippen LogP contribution is 2.35. The van der Waals surface area contributed by atoms with Crippen molar-refractivity contribution in [1.82, 2.24) is 14.5 Å². The number of benzene rings is 2. The van der Waals surface area contributed by atoms with Gasteiger partial charge in [0.2, 0.25) is 0 Å². The summed E-state index contributed by atoms with van der Waals surface area (Å²) in [6.07, 6.45) is 0.773. The van der Waals surface area contributed by atoms with Crippen LogP contribution in [-0.2, 0) is 22.7 Å². The van der Waals surface area contributed by atoms with Gasteiger partial charge in [0, 0.05) is 25.8 Å². The number of aldehydes is 1. The number of ether oxygens (including phenoxy) is 3. The molecule has 0 radical (unpaired) electrons. The average molecular weight is 664 g/mol. The largest absolute Gasteiger partial charge is 0.453 e. The summed E-state index contributed by atoms with van der Waals surface area (Å²) in [6.45, 7) is 11.3. The quantitative estimate of drug-likeness (QED) is 0.116. The van der Waals surface area contributed by atoms with Crippen molar-refractivity contribution in [1.29, 1.82) is 5.26 Å². The van der Waals surface area contributed by atoms with Crippen molar-refractivity contribution in [3.8, 4) is 17.6 Å². The molecule has 0 bridgehead atoms. The van der Waals surface area contributed by atoms with Crippen molar-refractivity contribution in [3.63, 3.8) is 0 Å². The Morgan fingerprint density at radius 2 is 1.89 bits per heavy atom. The number of amides is 2. The van der Waals surface area contributed by atoms with Crippen molar-refractivity contribution in [2.45, 2.75) is 65.3 Å². The van der Waals surface area contributed by atoms with Gasteiger partial charge in [-0.1, -0.05) is 48.9 Å². The molecule has 2 amide bonds. The molecule has 14 heteroatoms. The van der Waals surface area contributed by atoms with Crippen LogP contribution in [0.25, 0.3) is 0 Å². The summed E-state index contributed by atoms with van der Waals surface area (Å²) in [6, 6.07) is 9.35. The SMILES string of the molecule is CC(C)(C)OC(=O)N(Cc1ccc(Cl)c(Oc2cc(C#N)cc(C=O)c2)c1F)C(=O)c1c(Cl)ncn1COCC[Si](C)(C)C. The van der Waals surface area contributed by atoms with Gasteiger partial charge in [0.25, 0.3) is 5.91 Å². The second kappa shape index (κ2) is 14.3. The molecule has 2 aromatic carbocycles. The molecule has 0 fully saturated rings. The lowest BCUT2D eigenvalue weighted by atomic mass is 10.1. The first-order valence-corrected chi connectivity index (χ1v) is 18.0. The van der Waals surface area contributed by atoms with Gasteiger partial charge in [0.15, 0.2) is 16.7 Å². The smallest absolute Gasteiger partial charge is 0.417 e. The summed E-state index contributed by atoms with van der Waals surface area (Å²) in [5.74, 6) is -2.34. The van der Waals surface area contributed by atoms with Gasteiger partial charge in [-0.2, -0.15) is 5.26 Å². The molecule has 3 aromatic rings. The Kier molecular flexibility index (Phi) is 11.3. The van der Waals surface area contributed by atoms with Crippen molar-refractivity contribution in [2.24, 2.45) is 0 Å². The van der Waals surface area contributed by atoms with Crippen LogP contribution in [0.1, 0.15) is 52.7 Å². The predicted molar refractivity (Wildman–Crippen MR) is 165 cm³/mol. The zero-order valence-corrected chi connectivity index (χ0v) is 27.8. The maximum atomic E-state index is 15.9. The van der Waals surface area contributed by atoms with E-state index in [9.17, 15) is 19.6 Å². The number of imide groups is 1. The molecule has 0 aliphatic rings. The highest BCUT2D eigenvalue weighted by atomic mass is 35.5. The number of hydrogen-bond donors (Lipinski definition) is 0. The van der Waals surface area contributed by atoms with Crippen molar-refractivity contribution in [3.05, 3.63) is 75.0 Å². The number of rotatable bonds is 11. The summed E-state index contributed by atoms with van der Waals surface area (Å²) in [5.41, 5.74) is -1.05. The number of imidazole rings is 1. The Balaban J connectivity index is 1.98. The Morgan fingerprint density at radius 3 is 2.50 bits per heavy atom. The second-order valence-electron chi connectivity index (χ2n) is 12.0. The Bertz CT molecular complexity index is 1590. The standard InChI is InChI=1S/C30H33Cl2FN4O6Si/c1-30(2,3)43-29(40)37(28(39)25-27(32)35-17-36(25)18-41-9-10-44(4,5)6)15-21-7-8-23(31)26(24(21)33)42-22-12-19(14-34)11-20(13-22)16-38/h7-8,11-13,16-17H,9-10,15,18H2,1-6H3. The van der Waals surface area contributed by atoms with Crippen LogP contribution in [-0.4, -0.2) is 53.0 Å². The fourth-order valence-electron chi connectivity index (χ4n) is 3.76. The highest BCUT2D eigenvalue weighted by Gasteiger charge is 2.33. The molecule has 1 aromatic heterocycles. The average Bonchev–Trinajstić information content (AvgIpc) is 3.30. The van der Waals surface area contributed by atoms with E-state index in [1.165, 1.54) is 41.2 Å². The van der Waals surface area contributed by atoms with Crippen LogP contribution < -0.4 is 4.74 Å². The molecule has 0 saturated carbocycles. The Labute approximate surface area is 266 Å². The first-order chi connectivity index (χ1) is 20.5. The van der Waals surface area contributed by atoms with E-state index in [-0.39, 0.29) is 45.0 Å². The van der Waals surface area contributed by atoms with Crippen LogP contribution in [0.5, 0.6) is 11.5 Å². The third-order valence-electron chi connectivity index (χ3n) is 5.95. The minimum atomic E-state index is -1.37. The number of nitriles is 1. The normalized spacial score (nSPS) is 11.5. The second-order valence-corrected chi connectivity index (χ2v) is 18.4. The molecule has 0 unspecified atom stereocenters. The Morgan fingerprint density at radius 1 is 1.18 bits per heavy atom. The first-order valence-electron chi connectivity index (χ1n) is 13.5. The monoisotopic (exact) mass is 662 g/mol. The van der Waals surface area contributed by atoms with Gasteiger partial charge in [0.1, 0.15) is 30.1 Å². The van der Waals surface area contributed by atoms with Crippen LogP contribution >= 0.6 is 23.2 Å². The first kappa shape index (κ1) is 34.7. The molecular weight excluding hydrogens is 630 g/mol. The summed E-state index contributed by atoms with van der Waals surface area (Å²) < 4.78 is 34.2. The van der Waals surface area contributed by atoms with Gasteiger partial charge in [-0.3, -0.25) is 9.59 Å². The van der Waals surface area contributed by atoms with Crippen LogP contribution in [0.3, 0.4) is 0 Å². The Hall–Kier alpha value is -3.76. The summed E-state index contributed by atoms with van der Waals surface area (Å²) >= 11 is 12.5. The molecule has 0 spiro atoms. The van der Waals surface area contributed by atoms with Crippen LogP contribution in [0.15, 0.2) is 36.7 Å². The molecule has 44 heavy (non-hydrogen) atoms. The third kappa shape index (κ3) is 9.37. The zero-order chi connectivity index (χ0) is 32.8. The molecule has 0 aliphatic heterocycles. The molecule has 0 N–H and O–H groups in total. The number of carbonyl (C=O) groups excluding carboxylic acids is 3.